The monoisotopic (exact) mass is 265 g/mol. The first-order valence-corrected chi connectivity index (χ1v) is 6.13. The Kier molecular flexibility index (Phi) is 3.88. The first kappa shape index (κ1) is 12.5. The summed E-state index contributed by atoms with van der Waals surface area (Å²) in [6.07, 6.45) is 4.91. The van der Waals surface area contributed by atoms with E-state index in [2.05, 4.69) is 20.2 Å². The molecule has 0 radical (unpaired) electrons. The van der Waals surface area contributed by atoms with Crippen LogP contribution < -0.4 is 0 Å². The Balaban J connectivity index is 2.07. The SMILES string of the molecule is Cc1cnc(Cn2cnnc2SCC(=O)O)cn1. The van der Waals surface area contributed by atoms with Gasteiger partial charge in [-0.05, 0) is 6.92 Å². The smallest absolute Gasteiger partial charge is 0.313 e. The summed E-state index contributed by atoms with van der Waals surface area (Å²) in [6, 6.07) is 0. The number of nitrogens with zero attached hydrogens (tertiary/aromatic N) is 5. The molecule has 0 fully saturated rings. The minimum atomic E-state index is -0.885. The van der Waals surface area contributed by atoms with Crippen LogP contribution in [0.5, 0.6) is 0 Å². The maximum Gasteiger partial charge on any atom is 0.313 e. The van der Waals surface area contributed by atoms with E-state index in [1.807, 2.05) is 6.92 Å². The Hall–Kier alpha value is -1.96. The fourth-order valence-corrected chi connectivity index (χ4v) is 1.90. The number of carbonyl (C=O) groups is 1. The summed E-state index contributed by atoms with van der Waals surface area (Å²) in [7, 11) is 0. The summed E-state index contributed by atoms with van der Waals surface area (Å²) in [5.41, 5.74) is 1.63. The fraction of sp³-hybridized carbons (Fsp3) is 0.300. The van der Waals surface area contributed by atoms with Crippen LogP contribution in [0.1, 0.15) is 11.4 Å². The summed E-state index contributed by atoms with van der Waals surface area (Å²) >= 11 is 1.13. The number of aromatic nitrogens is 5. The van der Waals surface area contributed by atoms with Gasteiger partial charge in [0.25, 0.3) is 0 Å². The van der Waals surface area contributed by atoms with Crippen molar-refractivity contribution in [1.82, 2.24) is 24.7 Å². The fourth-order valence-electron chi connectivity index (χ4n) is 1.27. The third-order valence-corrected chi connectivity index (χ3v) is 3.04. The van der Waals surface area contributed by atoms with E-state index in [0.29, 0.717) is 11.7 Å². The first-order chi connectivity index (χ1) is 8.65. The molecule has 2 aromatic rings. The average molecular weight is 265 g/mol. The van der Waals surface area contributed by atoms with Crippen molar-refractivity contribution >= 4 is 17.7 Å². The molecule has 18 heavy (non-hydrogen) atoms. The highest BCUT2D eigenvalue weighted by molar-refractivity contribution is 7.99. The Bertz CT molecular complexity index is 539. The predicted octanol–water partition coefficient (Wildman–Crippen LogP) is 0.602. The summed E-state index contributed by atoms with van der Waals surface area (Å²) in [4.78, 5) is 18.9. The Morgan fingerprint density at radius 1 is 1.44 bits per heavy atom. The molecule has 2 aromatic heterocycles. The van der Waals surface area contributed by atoms with Gasteiger partial charge in [-0.1, -0.05) is 11.8 Å². The van der Waals surface area contributed by atoms with Crippen LogP contribution in [0.15, 0.2) is 23.9 Å². The highest BCUT2D eigenvalue weighted by atomic mass is 32.2. The highest BCUT2D eigenvalue weighted by Crippen LogP contribution is 2.15. The van der Waals surface area contributed by atoms with E-state index in [1.54, 1.807) is 23.3 Å². The van der Waals surface area contributed by atoms with Crippen molar-refractivity contribution in [3.63, 3.8) is 0 Å². The molecule has 94 valence electrons. The maximum atomic E-state index is 10.5. The minimum absolute atomic E-state index is 0.0434. The lowest BCUT2D eigenvalue weighted by atomic mass is 10.4. The zero-order valence-electron chi connectivity index (χ0n) is 9.65. The second kappa shape index (κ2) is 5.58. The van der Waals surface area contributed by atoms with Crippen molar-refractivity contribution in [3.8, 4) is 0 Å². The molecule has 2 rings (SSSR count). The number of hydrogen-bond acceptors (Lipinski definition) is 6. The molecule has 1 N–H and O–H groups in total. The van der Waals surface area contributed by atoms with E-state index < -0.39 is 5.97 Å². The van der Waals surface area contributed by atoms with Gasteiger partial charge in [-0.25, -0.2) is 0 Å². The summed E-state index contributed by atoms with van der Waals surface area (Å²) in [6.45, 7) is 2.34. The third-order valence-electron chi connectivity index (χ3n) is 2.07. The van der Waals surface area contributed by atoms with Crippen LogP contribution in [0, 0.1) is 6.92 Å². The molecule has 0 aliphatic carbocycles. The van der Waals surface area contributed by atoms with Gasteiger partial charge >= 0.3 is 5.97 Å². The van der Waals surface area contributed by atoms with Gasteiger partial charge in [-0.3, -0.25) is 14.8 Å². The maximum absolute atomic E-state index is 10.5. The van der Waals surface area contributed by atoms with Gasteiger partial charge in [0.2, 0.25) is 0 Å². The summed E-state index contributed by atoms with van der Waals surface area (Å²) < 4.78 is 1.74. The lowest BCUT2D eigenvalue weighted by molar-refractivity contribution is -0.133. The van der Waals surface area contributed by atoms with Gasteiger partial charge in [-0.2, -0.15) is 0 Å². The number of aryl methyl sites for hydroxylation is 1. The zero-order valence-corrected chi connectivity index (χ0v) is 10.5. The minimum Gasteiger partial charge on any atom is -0.481 e. The van der Waals surface area contributed by atoms with E-state index in [1.165, 1.54) is 0 Å². The van der Waals surface area contributed by atoms with Crippen LogP contribution in [-0.2, 0) is 11.3 Å². The Morgan fingerprint density at radius 2 is 2.28 bits per heavy atom. The molecule has 0 spiro atoms. The van der Waals surface area contributed by atoms with Crippen LogP contribution in [0.4, 0.5) is 0 Å². The molecule has 7 nitrogen and oxygen atoms in total. The third kappa shape index (κ3) is 3.27. The predicted molar refractivity (Wildman–Crippen MR) is 64.3 cm³/mol. The molecule has 0 unspecified atom stereocenters. The van der Waals surface area contributed by atoms with Crippen molar-refractivity contribution in [2.75, 3.05) is 5.75 Å². The van der Waals surface area contributed by atoms with E-state index >= 15 is 0 Å². The largest absolute Gasteiger partial charge is 0.481 e. The van der Waals surface area contributed by atoms with Crippen LogP contribution in [0.3, 0.4) is 0 Å². The topological polar surface area (TPSA) is 93.8 Å². The van der Waals surface area contributed by atoms with E-state index in [4.69, 9.17) is 5.11 Å². The molecule has 0 saturated carbocycles. The number of carboxylic acids is 1. The van der Waals surface area contributed by atoms with Gasteiger partial charge in [0.05, 0.1) is 29.9 Å². The number of hydrogen-bond donors (Lipinski definition) is 1. The molecule has 0 aliphatic heterocycles. The van der Waals surface area contributed by atoms with E-state index in [9.17, 15) is 4.79 Å². The molecule has 8 heteroatoms. The molecule has 0 saturated heterocycles. The average Bonchev–Trinajstić information content (AvgIpc) is 2.77. The molecular weight excluding hydrogens is 254 g/mol. The number of carboxylic acid groups (broad SMARTS) is 1. The van der Waals surface area contributed by atoms with Gasteiger partial charge in [0, 0.05) is 6.20 Å². The Morgan fingerprint density at radius 3 is 2.94 bits per heavy atom. The Labute approximate surface area is 107 Å². The molecule has 0 aromatic carbocycles. The molecule has 0 bridgehead atoms. The zero-order chi connectivity index (χ0) is 13.0. The van der Waals surface area contributed by atoms with Crippen molar-refractivity contribution in [2.24, 2.45) is 0 Å². The molecule has 0 atom stereocenters. The van der Waals surface area contributed by atoms with Gasteiger partial charge in [0.15, 0.2) is 5.16 Å². The van der Waals surface area contributed by atoms with Crippen molar-refractivity contribution in [3.05, 3.63) is 30.1 Å². The first-order valence-electron chi connectivity index (χ1n) is 5.15. The summed E-state index contributed by atoms with van der Waals surface area (Å²) in [5.74, 6) is -0.928. The second-order valence-electron chi connectivity index (χ2n) is 3.57. The highest BCUT2D eigenvalue weighted by Gasteiger charge is 2.08. The number of thioether (sulfide) groups is 1. The van der Waals surface area contributed by atoms with Crippen LogP contribution in [0.2, 0.25) is 0 Å². The molecular formula is C10H11N5O2S. The molecule has 2 heterocycles. The molecule has 0 amide bonds. The molecule has 0 aliphatic rings. The quantitative estimate of drug-likeness (QED) is 0.791. The standard InChI is InChI=1S/C10H11N5O2S/c1-7-2-12-8(3-11-7)4-15-6-13-14-10(15)18-5-9(16)17/h2-3,6H,4-5H2,1H3,(H,16,17). The van der Waals surface area contributed by atoms with E-state index in [0.717, 1.165) is 23.1 Å². The van der Waals surface area contributed by atoms with Crippen molar-refractivity contribution < 1.29 is 9.90 Å². The lowest BCUT2D eigenvalue weighted by Gasteiger charge is -2.04. The number of aliphatic carboxylic acids is 1. The van der Waals surface area contributed by atoms with Crippen LogP contribution >= 0.6 is 11.8 Å². The lowest BCUT2D eigenvalue weighted by Crippen LogP contribution is -2.05. The van der Waals surface area contributed by atoms with Crippen LogP contribution in [-0.4, -0.2) is 41.6 Å². The number of rotatable bonds is 5. The van der Waals surface area contributed by atoms with E-state index in [-0.39, 0.29) is 5.75 Å². The second-order valence-corrected chi connectivity index (χ2v) is 4.52. The van der Waals surface area contributed by atoms with Crippen molar-refractivity contribution in [1.29, 1.82) is 0 Å². The van der Waals surface area contributed by atoms with Crippen molar-refractivity contribution in [2.45, 2.75) is 18.6 Å². The summed E-state index contributed by atoms with van der Waals surface area (Å²) in [5, 5.41) is 16.8. The normalized spacial score (nSPS) is 10.5. The van der Waals surface area contributed by atoms with Gasteiger partial charge < -0.3 is 9.67 Å². The van der Waals surface area contributed by atoms with Gasteiger partial charge in [0.1, 0.15) is 6.33 Å². The van der Waals surface area contributed by atoms with Crippen LogP contribution in [0.25, 0.3) is 0 Å². The van der Waals surface area contributed by atoms with Gasteiger partial charge in [-0.15, -0.1) is 10.2 Å².